The fraction of sp³-hybridized carbons (Fsp3) is 0.417. The smallest absolute Gasteiger partial charge is 0.251 e. The Kier molecular flexibility index (Phi) is 3.87. The van der Waals surface area contributed by atoms with Crippen LogP contribution in [0.2, 0.25) is 0 Å². The van der Waals surface area contributed by atoms with E-state index in [9.17, 15) is 20.1 Å². The number of rotatable bonds is 4. The summed E-state index contributed by atoms with van der Waals surface area (Å²) in [5.41, 5.74) is 8.01. The van der Waals surface area contributed by atoms with Crippen molar-refractivity contribution in [3.05, 3.63) is 18.1 Å². The van der Waals surface area contributed by atoms with Crippen LogP contribution in [0.5, 0.6) is 0 Å². The van der Waals surface area contributed by atoms with E-state index in [0.717, 1.165) is 0 Å². The van der Waals surface area contributed by atoms with Gasteiger partial charge in [-0.15, -0.1) is 0 Å². The highest BCUT2D eigenvalue weighted by Crippen LogP contribution is 2.34. The molecule has 1 fully saturated rings. The number of nitrogens with zero attached hydrogens (tertiary/aromatic N) is 3. The second-order valence-electron chi connectivity index (χ2n) is 5.11. The second kappa shape index (κ2) is 5.72. The molecule has 3 heterocycles. The first-order valence-electron chi connectivity index (χ1n) is 6.74. The number of aliphatic hydroxyl groups excluding tert-OH is 3. The standard InChI is InChI=1S/C12H16N6O5/c13-9(22)4-1-18(11-6(4)10(17-14)15-3-16-11)12-8(21)7(20)5(2-19)23-12/h1,3,5,7-8,12,19-21H,2,14H2,(H2,13,22)(H,15,16,17)/t5-,7-,8-,12-/m1/s1. The summed E-state index contributed by atoms with van der Waals surface area (Å²) in [7, 11) is 0. The number of carbonyl (C=O) groups is 1. The second-order valence-corrected chi connectivity index (χ2v) is 5.11. The Morgan fingerprint density at radius 3 is 2.70 bits per heavy atom. The van der Waals surface area contributed by atoms with Gasteiger partial charge >= 0.3 is 0 Å². The minimum atomic E-state index is -1.33. The van der Waals surface area contributed by atoms with E-state index in [1.165, 1.54) is 17.1 Å². The van der Waals surface area contributed by atoms with Gasteiger partial charge < -0.3 is 35.8 Å². The van der Waals surface area contributed by atoms with Crippen molar-refractivity contribution in [3.8, 4) is 0 Å². The summed E-state index contributed by atoms with van der Waals surface area (Å²) in [6, 6.07) is 0. The van der Waals surface area contributed by atoms with E-state index in [4.69, 9.17) is 16.3 Å². The number of ether oxygens (including phenoxy) is 1. The summed E-state index contributed by atoms with van der Waals surface area (Å²) in [5.74, 6) is 4.82. The van der Waals surface area contributed by atoms with Crippen LogP contribution in [0, 0.1) is 0 Å². The van der Waals surface area contributed by atoms with E-state index in [-0.39, 0.29) is 22.4 Å². The molecule has 0 aromatic carbocycles. The van der Waals surface area contributed by atoms with Gasteiger partial charge in [0.25, 0.3) is 5.91 Å². The number of aromatic nitrogens is 3. The Labute approximate surface area is 129 Å². The zero-order chi connectivity index (χ0) is 16.7. The molecule has 11 heteroatoms. The van der Waals surface area contributed by atoms with Gasteiger partial charge in [-0.3, -0.25) is 4.79 Å². The first kappa shape index (κ1) is 15.6. The molecule has 2 aromatic heterocycles. The molecule has 1 aliphatic rings. The van der Waals surface area contributed by atoms with Crippen LogP contribution in [-0.4, -0.2) is 60.7 Å². The van der Waals surface area contributed by atoms with Crippen LogP contribution < -0.4 is 17.0 Å². The predicted molar refractivity (Wildman–Crippen MR) is 76.9 cm³/mol. The topological polar surface area (TPSA) is 182 Å². The molecule has 1 aliphatic heterocycles. The van der Waals surface area contributed by atoms with Crippen molar-refractivity contribution in [2.24, 2.45) is 11.6 Å². The summed E-state index contributed by atoms with van der Waals surface area (Å²) in [6.07, 6.45) is -2.08. The monoisotopic (exact) mass is 324 g/mol. The van der Waals surface area contributed by atoms with Crippen LogP contribution in [-0.2, 0) is 4.74 Å². The number of hydrogen-bond donors (Lipinski definition) is 6. The molecule has 1 amide bonds. The molecule has 0 spiro atoms. The lowest BCUT2D eigenvalue weighted by Crippen LogP contribution is -2.33. The van der Waals surface area contributed by atoms with Crippen molar-refractivity contribution in [3.63, 3.8) is 0 Å². The van der Waals surface area contributed by atoms with Crippen LogP contribution in [0.15, 0.2) is 12.5 Å². The number of primary amides is 1. The summed E-state index contributed by atoms with van der Waals surface area (Å²) < 4.78 is 6.79. The third-order valence-electron chi connectivity index (χ3n) is 3.80. The first-order valence-corrected chi connectivity index (χ1v) is 6.74. The number of nitrogen functional groups attached to an aromatic ring is 1. The number of fused-ring (bicyclic) bond motifs is 1. The molecule has 2 aromatic rings. The van der Waals surface area contributed by atoms with Gasteiger partial charge in [-0.2, -0.15) is 0 Å². The molecular weight excluding hydrogens is 308 g/mol. The van der Waals surface area contributed by atoms with E-state index >= 15 is 0 Å². The lowest BCUT2D eigenvalue weighted by molar-refractivity contribution is -0.0508. The first-order chi connectivity index (χ1) is 11.0. The highest BCUT2D eigenvalue weighted by Gasteiger charge is 2.44. The molecule has 0 unspecified atom stereocenters. The maximum atomic E-state index is 11.7. The average molecular weight is 324 g/mol. The molecule has 3 rings (SSSR count). The van der Waals surface area contributed by atoms with Crippen molar-refractivity contribution in [1.82, 2.24) is 14.5 Å². The SMILES string of the molecule is NNc1ncnc2c1c(C(N)=O)cn2[C@@H]1O[C@H](CO)[C@@H](O)[C@H]1O. The highest BCUT2D eigenvalue weighted by atomic mass is 16.6. The number of amides is 1. The van der Waals surface area contributed by atoms with Crippen molar-refractivity contribution in [2.75, 3.05) is 12.0 Å². The van der Waals surface area contributed by atoms with Crippen LogP contribution >= 0.6 is 0 Å². The normalized spacial score (nSPS) is 27.5. The van der Waals surface area contributed by atoms with Crippen molar-refractivity contribution >= 4 is 22.8 Å². The molecular formula is C12H16N6O5. The van der Waals surface area contributed by atoms with E-state index in [0.29, 0.717) is 0 Å². The highest BCUT2D eigenvalue weighted by molar-refractivity contribution is 6.09. The number of hydrazine groups is 1. The molecule has 124 valence electrons. The van der Waals surface area contributed by atoms with E-state index in [2.05, 4.69) is 15.4 Å². The number of carbonyl (C=O) groups excluding carboxylic acids is 1. The molecule has 0 aliphatic carbocycles. The lowest BCUT2D eigenvalue weighted by atomic mass is 10.1. The van der Waals surface area contributed by atoms with E-state index in [1.54, 1.807) is 0 Å². The van der Waals surface area contributed by atoms with Crippen molar-refractivity contribution in [2.45, 2.75) is 24.5 Å². The maximum Gasteiger partial charge on any atom is 0.251 e. The summed E-state index contributed by atoms with van der Waals surface area (Å²) in [5, 5.41) is 29.5. The molecule has 1 saturated heterocycles. The van der Waals surface area contributed by atoms with E-state index in [1.807, 2.05) is 0 Å². The van der Waals surface area contributed by atoms with Gasteiger partial charge in [0.05, 0.1) is 17.6 Å². The Morgan fingerprint density at radius 2 is 2.13 bits per heavy atom. The molecule has 8 N–H and O–H groups in total. The predicted octanol–water partition coefficient (Wildman–Crippen LogP) is -2.57. The molecule has 11 nitrogen and oxygen atoms in total. The number of nitrogens with two attached hydrogens (primary N) is 2. The number of hydrogen-bond acceptors (Lipinski definition) is 9. The van der Waals surface area contributed by atoms with Crippen LogP contribution in [0.25, 0.3) is 11.0 Å². The number of aliphatic hydroxyl groups is 3. The molecule has 0 bridgehead atoms. The summed E-state index contributed by atoms with van der Waals surface area (Å²) >= 11 is 0. The third kappa shape index (κ3) is 2.31. The zero-order valence-corrected chi connectivity index (χ0v) is 11.8. The van der Waals surface area contributed by atoms with E-state index < -0.39 is 37.1 Å². The molecule has 23 heavy (non-hydrogen) atoms. The minimum Gasteiger partial charge on any atom is -0.394 e. The van der Waals surface area contributed by atoms with Gasteiger partial charge in [0.1, 0.15) is 30.3 Å². The van der Waals surface area contributed by atoms with Gasteiger partial charge in [-0.25, -0.2) is 15.8 Å². The Balaban J connectivity index is 2.18. The van der Waals surface area contributed by atoms with Gasteiger partial charge in [0.2, 0.25) is 0 Å². The van der Waals surface area contributed by atoms with Crippen molar-refractivity contribution < 1.29 is 24.9 Å². The lowest BCUT2D eigenvalue weighted by Gasteiger charge is -2.17. The van der Waals surface area contributed by atoms with Crippen LogP contribution in [0.3, 0.4) is 0 Å². The van der Waals surface area contributed by atoms with Gasteiger partial charge in [-0.05, 0) is 0 Å². The zero-order valence-electron chi connectivity index (χ0n) is 11.8. The van der Waals surface area contributed by atoms with Crippen molar-refractivity contribution in [1.29, 1.82) is 0 Å². The molecule has 4 atom stereocenters. The summed E-state index contributed by atoms with van der Waals surface area (Å²) in [4.78, 5) is 19.6. The fourth-order valence-corrected chi connectivity index (χ4v) is 2.68. The Hall–Kier alpha value is -2.31. The number of anilines is 1. The largest absolute Gasteiger partial charge is 0.394 e. The summed E-state index contributed by atoms with van der Waals surface area (Å²) in [6.45, 7) is -0.471. The van der Waals surface area contributed by atoms with Gasteiger partial charge in [0.15, 0.2) is 12.0 Å². The quantitative estimate of drug-likeness (QED) is 0.260. The maximum absolute atomic E-state index is 11.7. The minimum absolute atomic E-state index is 0.0753. The van der Waals surface area contributed by atoms with Crippen LogP contribution in [0.1, 0.15) is 16.6 Å². The van der Waals surface area contributed by atoms with Gasteiger partial charge in [0, 0.05) is 6.20 Å². The van der Waals surface area contributed by atoms with Gasteiger partial charge in [-0.1, -0.05) is 0 Å². The average Bonchev–Trinajstić information content (AvgIpc) is 3.06. The van der Waals surface area contributed by atoms with Crippen LogP contribution in [0.4, 0.5) is 5.82 Å². The Morgan fingerprint density at radius 1 is 1.39 bits per heavy atom. The Bertz CT molecular complexity index is 749. The third-order valence-corrected chi connectivity index (χ3v) is 3.80. The molecule has 0 saturated carbocycles. The molecule has 0 radical (unpaired) electrons. The number of nitrogens with one attached hydrogen (secondary N) is 1. The fourth-order valence-electron chi connectivity index (χ4n) is 2.68.